The highest BCUT2D eigenvalue weighted by molar-refractivity contribution is 7.95. The first-order chi connectivity index (χ1) is 15.9. The fourth-order valence-corrected chi connectivity index (χ4v) is 7.42. The third-order valence-electron chi connectivity index (χ3n) is 5.92. The zero-order valence-corrected chi connectivity index (χ0v) is 25.1. The molecule has 0 saturated heterocycles. The topological polar surface area (TPSA) is 3.24 Å². The molecule has 0 radical (unpaired) electrons. The molecule has 0 unspecified atom stereocenters. The zero-order chi connectivity index (χ0) is 25.0. The lowest BCUT2D eigenvalue weighted by molar-refractivity contribution is 1.21. The Balaban J connectivity index is 2.13. The van der Waals surface area contributed by atoms with Crippen molar-refractivity contribution in [3.63, 3.8) is 0 Å². The summed E-state index contributed by atoms with van der Waals surface area (Å²) >= 11 is 0. The lowest BCUT2D eigenvalue weighted by atomic mass is 10.1. The molecule has 0 heterocycles. The van der Waals surface area contributed by atoms with Crippen molar-refractivity contribution in [3.05, 3.63) is 88.5 Å². The van der Waals surface area contributed by atoms with Gasteiger partial charge in [0.1, 0.15) is 11.5 Å². The Kier molecular flexibility index (Phi) is 9.23. The molecule has 0 amide bonds. The van der Waals surface area contributed by atoms with Crippen LogP contribution in [0.3, 0.4) is 0 Å². The van der Waals surface area contributed by atoms with Crippen LogP contribution in [0.25, 0.3) is 0 Å². The van der Waals surface area contributed by atoms with Crippen LogP contribution in [0.2, 0.25) is 0 Å². The SMILES string of the molecule is Cc1ccc(N(c2ccc(C[S+](C)C)cc2)c2ccc(C)c(C[P+](C)(C)C)c2)cc1C[S+](C)C. The van der Waals surface area contributed by atoms with Crippen LogP contribution in [0.5, 0.6) is 0 Å². The minimum Gasteiger partial charge on any atom is -0.310 e. The van der Waals surface area contributed by atoms with Crippen LogP contribution >= 0.6 is 7.26 Å². The molecule has 1 nitrogen and oxygen atoms in total. The fraction of sp³-hybridized carbons (Fsp3) is 0.400. The molecule has 0 spiro atoms. The molecule has 0 atom stereocenters. The van der Waals surface area contributed by atoms with Crippen LogP contribution in [0, 0.1) is 13.8 Å². The van der Waals surface area contributed by atoms with Gasteiger partial charge in [0.2, 0.25) is 0 Å². The van der Waals surface area contributed by atoms with E-state index in [1.807, 2.05) is 0 Å². The molecule has 4 heteroatoms. The van der Waals surface area contributed by atoms with Gasteiger partial charge in [-0.3, -0.25) is 0 Å². The van der Waals surface area contributed by atoms with Gasteiger partial charge >= 0.3 is 0 Å². The van der Waals surface area contributed by atoms with E-state index in [0.29, 0.717) is 21.8 Å². The maximum Gasteiger partial charge on any atom is 0.133 e. The van der Waals surface area contributed by atoms with E-state index in [-0.39, 0.29) is 0 Å². The lowest BCUT2D eigenvalue weighted by Crippen LogP contribution is -2.12. The molecular formula is C30H43NPS2+3. The van der Waals surface area contributed by atoms with E-state index in [0.717, 1.165) is 11.5 Å². The number of benzene rings is 3. The molecule has 34 heavy (non-hydrogen) atoms. The smallest absolute Gasteiger partial charge is 0.133 e. The summed E-state index contributed by atoms with van der Waals surface area (Å²) in [6, 6.07) is 23.3. The zero-order valence-electron chi connectivity index (χ0n) is 22.6. The monoisotopic (exact) mass is 512 g/mol. The maximum absolute atomic E-state index is 2.46. The number of anilines is 3. The van der Waals surface area contributed by atoms with Crippen LogP contribution < -0.4 is 4.90 Å². The van der Waals surface area contributed by atoms with Gasteiger partial charge < -0.3 is 4.90 Å². The lowest BCUT2D eigenvalue weighted by Gasteiger charge is -2.27. The standard InChI is InChI=1S/C30H43NPS2/c1-23-10-14-29(18-26(23)20-32(3,4)5)31(28-16-12-25(13-17-28)21-33(6)7)30-15-11-24(2)27(19-30)22-34(8)9/h10-19H,20-22H2,1-9H3/q+3. The number of aryl methyl sites for hydroxylation is 2. The van der Waals surface area contributed by atoms with Crippen molar-refractivity contribution in [2.75, 3.05) is 49.9 Å². The van der Waals surface area contributed by atoms with Gasteiger partial charge in [-0.05, 0) is 88.7 Å². The van der Waals surface area contributed by atoms with Gasteiger partial charge in [0.05, 0.1) is 31.2 Å². The molecule has 3 aromatic carbocycles. The third-order valence-corrected chi connectivity index (χ3v) is 9.01. The quantitative estimate of drug-likeness (QED) is 0.208. The molecule has 182 valence electrons. The van der Waals surface area contributed by atoms with Crippen molar-refractivity contribution in [1.82, 2.24) is 0 Å². The average molecular weight is 513 g/mol. The van der Waals surface area contributed by atoms with Crippen molar-refractivity contribution in [3.8, 4) is 0 Å². The van der Waals surface area contributed by atoms with Crippen LogP contribution in [0.1, 0.15) is 27.8 Å². The number of nitrogens with zero attached hydrogens (tertiary/aromatic N) is 1. The molecule has 3 rings (SSSR count). The average Bonchev–Trinajstić information content (AvgIpc) is 2.72. The van der Waals surface area contributed by atoms with Gasteiger partial charge in [-0.25, -0.2) is 0 Å². The maximum atomic E-state index is 2.46. The van der Waals surface area contributed by atoms with Crippen LogP contribution in [-0.2, 0) is 39.5 Å². The number of hydrogen-bond donors (Lipinski definition) is 0. The third kappa shape index (κ3) is 7.54. The fourth-order valence-electron chi connectivity index (χ4n) is 4.26. The highest BCUT2D eigenvalue weighted by Crippen LogP contribution is 2.51. The Morgan fingerprint density at radius 3 is 1.59 bits per heavy atom. The Morgan fingerprint density at radius 2 is 1.09 bits per heavy atom. The summed E-state index contributed by atoms with van der Waals surface area (Å²) in [5, 5.41) is 0. The van der Waals surface area contributed by atoms with Crippen molar-refractivity contribution >= 4 is 46.1 Å². The van der Waals surface area contributed by atoms with Gasteiger partial charge in [0.15, 0.2) is 0 Å². The Labute approximate surface area is 215 Å². The molecule has 0 saturated carbocycles. The normalized spacial score (nSPS) is 12.0. The second-order valence-corrected chi connectivity index (χ2v) is 20.3. The first kappa shape index (κ1) is 27.2. The second-order valence-electron chi connectivity index (χ2n) is 10.9. The summed E-state index contributed by atoms with van der Waals surface area (Å²) in [6.45, 7) is 11.8. The summed E-state index contributed by atoms with van der Waals surface area (Å²) in [7, 11) is -0.147. The van der Waals surface area contributed by atoms with E-state index in [4.69, 9.17) is 0 Å². The largest absolute Gasteiger partial charge is 0.310 e. The second kappa shape index (κ2) is 11.5. The summed E-state index contributed by atoms with van der Waals surface area (Å²) < 4.78 is 0. The minimum atomic E-state index is -0.926. The Morgan fingerprint density at radius 1 is 0.618 bits per heavy atom. The van der Waals surface area contributed by atoms with Gasteiger partial charge in [-0.2, -0.15) is 0 Å². The highest BCUT2D eigenvalue weighted by atomic mass is 32.2. The predicted molar refractivity (Wildman–Crippen MR) is 165 cm³/mol. The molecule has 0 aliphatic carbocycles. The van der Waals surface area contributed by atoms with Crippen molar-refractivity contribution in [1.29, 1.82) is 0 Å². The Hall–Kier alpha value is -1.41. The molecule has 0 aliphatic heterocycles. The number of hydrogen-bond acceptors (Lipinski definition) is 1. The van der Waals surface area contributed by atoms with Crippen LogP contribution in [-0.4, -0.2) is 45.0 Å². The van der Waals surface area contributed by atoms with Gasteiger partial charge in [0, 0.05) is 55.4 Å². The van der Waals surface area contributed by atoms with Gasteiger partial charge in [-0.15, -0.1) is 0 Å². The first-order valence-corrected chi connectivity index (χ1v) is 19.6. The van der Waals surface area contributed by atoms with Crippen molar-refractivity contribution < 1.29 is 0 Å². The van der Waals surface area contributed by atoms with E-state index in [1.54, 1.807) is 0 Å². The van der Waals surface area contributed by atoms with Crippen molar-refractivity contribution in [2.24, 2.45) is 0 Å². The summed E-state index contributed by atoms with van der Waals surface area (Å²) in [5.41, 5.74) is 10.9. The van der Waals surface area contributed by atoms with E-state index in [1.165, 1.54) is 51.0 Å². The molecule has 0 aromatic heterocycles. The predicted octanol–water partition coefficient (Wildman–Crippen LogP) is 7.94. The van der Waals surface area contributed by atoms with E-state index >= 15 is 0 Å². The van der Waals surface area contributed by atoms with Crippen LogP contribution in [0.4, 0.5) is 17.1 Å². The van der Waals surface area contributed by atoms with Crippen LogP contribution in [0.15, 0.2) is 60.7 Å². The Bertz CT molecular complexity index is 1100. The summed E-state index contributed by atoms with van der Waals surface area (Å²) in [5.74, 6) is 2.28. The molecule has 0 fully saturated rings. The van der Waals surface area contributed by atoms with E-state index in [9.17, 15) is 0 Å². The summed E-state index contributed by atoms with van der Waals surface area (Å²) in [4.78, 5) is 2.46. The summed E-state index contributed by atoms with van der Waals surface area (Å²) in [6.07, 6.45) is 10.5. The van der Waals surface area contributed by atoms with Gasteiger partial charge in [-0.1, -0.05) is 24.3 Å². The highest BCUT2D eigenvalue weighted by Gasteiger charge is 2.22. The van der Waals surface area contributed by atoms with Gasteiger partial charge in [0.25, 0.3) is 0 Å². The van der Waals surface area contributed by atoms with Crippen molar-refractivity contribution in [2.45, 2.75) is 31.5 Å². The van der Waals surface area contributed by atoms with E-state index in [2.05, 4.69) is 124 Å². The first-order valence-electron chi connectivity index (χ1n) is 11.9. The number of rotatable bonds is 9. The minimum absolute atomic E-state index is 0.372. The molecular weight excluding hydrogens is 469 g/mol. The van der Waals surface area contributed by atoms with E-state index < -0.39 is 7.26 Å². The molecule has 0 aliphatic rings. The molecule has 0 bridgehead atoms. The molecule has 0 N–H and O–H groups in total. The molecule has 3 aromatic rings.